The number of hydrogen-bond donors (Lipinski definition) is 2. The van der Waals surface area contributed by atoms with Crippen LogP contribution in [0.3, 0.4) is 0 Å². The summed E-state index contributed by atoms with van der Waals surface area (Å²) in [4.78, 5) is 0. The number of hydrogen-bond acceptors (Lipinski definition) is 3. The van der Waals surface area contributed by atoms with Crippen LogP contribution in [0.4, 0.5) is 4.39 Å². The summed E-state index contributed by atoms with van der Waals surface area (Å²) in [5, 5.41) is 12.4. The molecule has 4 heteroatoms. The minimum absolute atomic E-state index is 0.0419. The van der Waals surface area contributed by atoms with Gasteiger partial charge in [-0.3, -0.25) is 0 Å². The molecule has 18 heavy (non-hydrogen) atoms. The molecule has 1 rings (SSSR count). The maximum Gasteiger partial charge on any atom is 0.129 e. The van der Waals surface area contributed by atoms with Gasteiger partial charge in [0, 0.05) is 12.1 Å². The Morgan fingerprint density at radius 2 is 2.22 bits per heavy atom. The van der Waals surface area contributed by atoms with E-state index in [0.717, 1.165) is 13.0 Å². The first-order valence-electron chi connectivity index (χ1n) is 6.40. The van der Waals surface area contributed by atoms with Gasteiger partial charge in [0.25, 0.3) is 0 Å². The standard InChI is InChI=1S/C14H22FNO2/c1-3-7-16-12(10-17)6-8-18-13-5-4-11(2)14(15)9-13/h4-5,9,12,16-17H,3,6-8,10H2,1-2H3. The Hall–Kier alpha value is -1.13. The molecule has 0 saturated carbocycles. The van der Waals surface area contributed by atoms with Crippen molar-refractivity contribution < 1.29 is 14.2 Å². The molecule has 0 radical (unpaired) electrons. The van der Waals surface area contributed by atoms with Crippen LogP contribution in [0.5, 0.6) is 5.75 Å². The van der Waals surface area contributed by atoms with E-state index >= 15 is 0 Å². The zero-order valence-corrected chi connectivity index (χ0v) is 11.1. The monoisotopic (exact) mass is 255 g/mol. The van der Waals surface area contributed by atoms with Crippen LogP contribution in [0.25, 0.3) is 0 Å². The lowest BCUT2D eigenvalue weighted by Crippen LogP contribution is -2.34. The fourth-order valence-electron chi connectivity index (χ4n) is 1.59. The maximum absolute atomic E-state index is 13.3. The second-order valence-corrected chi connectivity index (χ2v) is 4.38. The lowest BCUT2D eigenvalue weighted by atomic mass is 10.2. The second-order valence-electron chi connectivity index (χ2n) is 4.38. The van der Waals surface area contributed by atoms with Gasteiger partial charge in [-0.1, -0.05) is 13.0 Å². The molecule has 0 heterocycles. The van der Waals surface area contributed by atoms with Crippen LogP contribution in [-0.2, 0) is 0 Å². The molecule has 102 valence electrons. The van der Waals surface area contributed by atoms with Gasteiger partial charge in [-0.2, -0.15) is 0 Å². The highest BCUT2D eigenvalue weighted by Gasteiger charge is 2.06. The van der Waals surface area contributed by atoms with E-state index in [1.807, 2.05) is 0 Å². The fraction of sp³-hybridized carbons (Fsp3) is 0.571. The number of aliphatic hydroxyl groups is 1. The molecule has 0 aliphatic heterocycles. The molecule has 1 aromatic rings. The van der Waals surface area contributed by atoms with Crippen LogP contribution >= 0.6 is 0 Å². The van der Waals surface area contributed by atoms with E-state index in [-0.39, 0.29) is 18.5 Å². The SMILES string of the molecule is CCCNC(CO)CCOc1ccc(C)c(F)c1. The van der Waals surface area contributed by atoms with Crippen LogP contribution in [0.1, 0.15) is 25.3 Å². The van der Waals surface area contributed by atoms with E-state index in [9.17, 15) is 4.39 Å². The third-order valence-corrected chi connectivity index (χ3v) is 2.78. The summed E-state index contributed by atoms with van der Waals surface area (Å²) < 4.78 is 18.7. The first-order valence-corrected chi connectivity index (χ1v) is 6.40. The molecule has 1 aromatic carbocycles. The molecule has 0 aromatic heterocycles. The predicted octanol–water partition coefficient (Wildman–Crippen LogP) is 2.26. The average Bonchev–Trinajstić information content (AvgIpc) is 2.37. The van der Waals surface area contributed by atoms with Crippen molar-refractivity contribution in [2.24, 2.45) is 0 Å². The van der Waals surface area contributed by atoms with Crippen molar-refractivity contribution in [2.75, 3.05) is 19.8 Å². The van der Waals surface area contributed by atoms with Crippen molar-refractivity contribution in [1.82, 2.24) is 5.32 Å². The molecule has 1 atom stereocenters. The Morgan fingerprint density at radius 1 is 1.44 bits per heavy atom. The Kier molecular flexibility index (Phi) is 6.68. The minimum atomic E-state index is -0.254. The molecule has 2 N–H and O–H groups in total. The molecule has 1 unspecified atom stereocenters. The van der Waals surface area contributed by atoms with E-state index in [2.05, 4.69) is 12.2 Å². The molecular weight excluding hydrogens is 233 g/mol. The summed E-state index contributed by atoms with van der Waals surface area (Å²) in [6.45, 7) is 5.23. The topological polar surface area (TPSA) is 41.5 Å². The zero-order valence-electron chi connectivity index (χ0n) is 11.1. The van der Waals surface area contributed by atoms with Gasteiger partial charge >= 0.3 is 0 Å². The first-order chi connectivity index (χ1) is 8.67. The summed E-state index contributed by atoms with van der Waals surface area (Å²) in [6.07, 6.45) is 1.73. The Labute approximate surface area is 108 Å². The second kappa shape index (κ2) is 8.06. The van der Waals surface area contributed by atoms with Gasteiger partial charge in [0.2, 0.25) is 0 Å². The summed E-state index contributed by atoms with van der Waals surface area (Å²) >= 11 is 0. The van der Waals surface area contributed by atoms with E-state index in [1.165, 1.54) is 6.07 Å². The summed E-state index contributed by atoms with van der Waals surface area (Å²) in [6, 6.07) is 4.89. The van der Waals surface area contributed by atoms with Gasteiger partial charge in [0.05, 0.1) is 13.2 Å². The van der Waals surface area contributed by atoms with Gasteiger partial charge in [-0.15, -0.1) is 0 Å². The highest BCUT2D eigenvalue weighted by molar-refractivity contribution is 5.27. The summed E-state index contributed by atoms with van der Waals surface area (Å²) in [7, 11) is 0. The number of ether oxygens (including phenoxy) is 1. The Balaban J connectivity index is 2.33. The normalized spacial score (nSPS) is 12.4. The van der Waals surface area contributed by atoms with Gasteiger partial charge in [0.15, 0.2) is 0 Å². The predicted molar refractivity (Wildman–Crippen MR) is 70.4 cm³/mol. The van der Waals surface area contributed by atoms with Crippen molar-refractivity contribution in [1.29, 1.82) is 0 Å². The molecule has 0 fully saturated rings. The molecule has 0 amide bonds. The van der Waals surface area contributed by atoms with Crippen LogP contribution in [0.2, 0.25) is 0 Å². The third-order valence-electron chi connectivity index (χ3n) is 2.78. The zero-order chi connectivity index (χ0) is 13.4. The summed E-state index contributed by atoms with van der Waals surface area (Å²) in [5.74, 6) is 0.278. The van der Waals surface area contributed by atoms with Crippen molar-refractivity contribution in [2.45, 2.75) is 32.7 Å². The first kappa shape index (κ1) is 14.9. The van der Waals surface area contributed by atoms with Crippen LogP contribution in [0.15, 0.2) is 18.2 Å². The molecule has 0 bridgehead atoms. The van der Waals surface area contributed by atoms with Crippen molar-refractivity contribution >= 4 is 0 Å². The maximum atomic E-state index is 13.3. The molecule has 3 nitrogen and oxygen atoms in total. The minimum Gasteiger partial charge on any atom is -0.493 e. The van der Waals surface area contributed by atoms with Crippen LogP contribution < -0.4 is 10.1 Å². The smallest absolute Gasteiger partial charge is 0.129 e. The van der Waals surface area contributed by atoms with E-state index in [0.29, 0.717) is 24.3 Å². The average molecular weight is 255 g/mol. The number of benzene rings is 1. The molecule has 0 spiro atoms. The fourth-order valence-corrected chi connectivity index (χ4v) is 1.59. The molecule has 0 aliphatic rings. The van der Waals surface area contributed by atoms with Crippen molar-refractivity contribution in [3.05, 3.63) is 29.6 Å². The third kappa shape index (κ3) is 5.02. The quantitative estimate of drug-likeness (QED) is 0.748. The number of halogens is 1. The van der Waals surface area contributed by atoms with Crippen molar-refractivity contribution in [3.8, 4) is 5.75 Å². The number of aliphatic hydroxyl groups excluding tert-OH is 1. The largest absolute Gasteiger partial charge is 0.493 e. The molecule has 0 saturated heterocycles. The Bertz CT molecular complexity index is 358. The van der Waals surface area contributed by atoms with Gasteiger partial charge < -0.3 is 15.2 Å². The molecule has 0 aliphatic carbocycles. The Morgan fingerprint density at radius 3 is 2.83 bits per heavy atom. The number of nitrogens with one attached hydrogen (secondary N) is 1. The molecular formula is C14H22FNO2. The van der Waals surface area contributed by atoms with E-state index in [4.69, 9.17) is 9.84 Å². The van der Waals surface area contributed by atoms with Crippen molar-refractivity contribution in [3.63, 3.8) is 0 Å². The van der Waals surface area contributed by atoms with Gasteiger partial charge in [0.1, 0.15) is 11.6 Å². The highest BCUT2D eigenvalue weighted by atomic mass is 19.1. The highest BCUT2D eigenvalue weighted by Crippen LogP contribution is 2.16. The van der Waals surface area contributed by atoms with Crippen LogP contribution in [0, 0.1) is 12.7 Å². The van der Waals surface area contributed by atoms with Crippen LogP contribution in [-0.4, -0.2) is 30.9 Å². The number of aryl methyl sites for hydroxylation is 1. The van der Waals surface area contributed by atoms with E-state index in [1.54, 1.807) is 19.1 Å². The van der Waals surface area contributed by atoms with E-state index < -0.39 is 0 Å². The lowest BCUT2D eigenvalue weighted by Gasteiger charge is -2.16. The van der Waals surface area contributed by atoms with Gasteiger partial charge in [-0.05, 0) is 37.9 Å². The lowest BCUT2D eigenvalue weighted by molar-refractivity contribution is 0.208. The van der Waals surface area contributed by atoms with Gasteiger partial charge in [-0.25, -0.2) is 4.39 Å². The summed E-state index contributed by atoms with van der Waals surface area (Å²) in [5.41, 5.74) is 0.611. The number of rotatable bonds is 8.